The third kappa shape index (κ3) is 2.15. The largest absolute Gasteiger partial charge is 0.393 e. The molecule has 0 aliphatic carbocycles. The average Bonchev–Trinajstić information content (AvgIpc) is 2.46. The first-order chi connectivity index (χ1) is 9.66. The zero-order chi connectivity index (χ0) is 14.1. The zero-order valence-corrected chi connectivity index (χ0v) is 11.9. The second-order valence-electron chi connectivity index (χ2n) is 5.27. The number of benzene rings is 1. The lowest BCUT2D eigenvalue weighted by molar-refractivity contribution is 0.720. The molecule has 2 N–H and O–H groups in total. The number of anilines is 3. The van der Waals surface area contributed by atoms with Crippen molar-refractivity contribution in [1.29, 1.82) is 0 Å². The van der Waals surface area contributed by atoms with E-state index in [9.17, 15) is 0 Å². The van der Waals surface area contributed by atoms with Crippen LogP contribution >= 0.6 is 0 Å². The van der Waals surface area contributed by atoms with E-state index in [1.54, 1.807) is 6.33 Å². The standard InChI is InChI=1S/C15H19N5/c1-19(2)14-13(16)15(18-10-17-14)20-8-7-11-5-3-4-6-12(11)9-20/h3-6,10H,7-9,16H2,1-2H3. The maximum absolute atomic E-state index is 6.23. The van der Waals surface area contributed by atoms with Gasteiger partial charge < -0.3 is 15.5 Å². The molecule has 0 saturated heterocycles. The minimum Gasteiger partial charge on any atom is -0.393 e. The van der Waals surface area contributed by atoms with Crippen LogP contribution in [0.15, 0.2) is 30.6 Å². The number of nitrogen functional groups attached to an aromatic ring is 1. The van der Waals surface area contributed by atoms with Gasteiger partial charge in [-0.25, -0.2) is 9.97 Å². The fourth-order valence-corrected chi connectivity index (χ4v) is 2.66. The van der Waals surface area contributed by atoms with Crippen LogP contribution in [0.4, 0.5) is 17.3 Å². The molecule has 0 saturated carbocycles. The molecule has 0 atom stereocenters. The van der Waals surface area contributed by atoms with Gasteiger partial charge in [-0.2, -0.15) is 0 Å². The van der Waals surface area contributed by atoms with Gasteiger partial charge >= 0.3 is 0 Å². The Labute approximate surface area is 119 Å². The van der Waals surface area contributed by atoms with Gasteiger partial charge in [0.25, 0.3) is 0 Å². The molecular formula is C15H19N5. The molecule has 104 valence electrons. The quantitative estimate of drug-likeness (QED) is 0.899. The summed E-state index contributed by atoms with van der Waals surface area (Å²) < 4.78 is 0. The highest BCUT2D eigenvalue weighted by Gasteiger charge is 2.20. The Bertz CT molecular complexity index is 623. The summed E-state index contributed by atoms with van der Waals surface area (Å²) in [5.41, 5.74) is 9.65. The Morgan fingerprint density at radius 1 is 1.15 bits per heavy atom. The fourth-order valence-electron chi connectivity index (χ4n) is 2.66. The van der Waals surface area contributed by atoms with Gasteiger partial charge in [-0.15, -0.1) is 0 Å². The molecule has 0 radical (unpaired) electrons. The van der Waals surface area contributed by atoms with Crippen LogP contribution in [0, 0.1) is 0 Å². The van der Waals surface area contributed by atoms with Crippen LogP contribution in [-0.4, -0.2) is 30.6 Å². The van der Waals surface area contributed by atoms with Gasteiger partial charge in [-0.05, 0) is 17.5 Å². The van der Waals surface area contributed by atoms with E-state index in [1.807, 2.05) is 19.0 Å². The summed E-state index contributed by atoms with van der Waals surface area (Å²) in [6.07, 6.45) is 2.61. The van der Waals surface area contributed by atoms with E-state index in [0.717, 1.165) is 31.1 Å². The lowest BCUT2D eigenvalue weighted by atomic mass is 10.00. The van der Waals surface area contributed by atoms with E-state index in [2.05, 4.69) is 39.1 Å². The van der Waals surface area contributed by atoms with Gasteiger partial charge in [0.1, 0.15) is 12.0 Å². The van der Waals surface area contributed by atoms with Crippen LogP contribution < -0.4 is 15.5 Å². The third-order valence-electron chi connectivity index (χ3n) is 3.70. The average molecular weight is 269 g/mol. The first-order valence-corrected chi connectivity index (χ1v) is 6.76. The molecule has 0 amide bonds. The fraction of sp³-hybridized carbons (Fsp3) is 0.333. The SMILES string of the molecule is CN(C)c1ncnc(N2CCc3ccccc3C2)c1N. The molecular weight excluding hydrogens is 250 g/mol. The van der Waals surface area contributed by atoms with Crippen LogP contribution in [-0.2, 0) is 13.0 Å². The van der Waals surface area contributed by atoms with Crippen LogP contribution in [0.1, 0.15) is 11.1 Å². The van der Waals surface area contributed by atoms with Crippen LogP contribution in [0.5, 0.6) is 0 Å². The van der Waals surface area contributed by atoms with Crippen LogP contribution in [0.25, 0.3) is 0 Å². The van der Waals surface area contributed by atoms with Crippen molar-refractivity contribution in [3.05, 3.63) is 41.7 Å². The molecule has 1 aliphatic rings. The van der Waals surface area contributed by atoms with Crippen LogP contribution in [0.2, 0.25) is 0 Å². The number of aromatic nitrogens is 2. The van der Waals surface area contributed by atoms with Gasteiger partial charge in [0.2, 0.25) is 0 Å². The van der Waals surface area contributed by atoms with Crippen molar-refractivity contribution >= 4 is 17.3 Å². The molecule has 1 aromatic heterocycles. The lowest BCUT2D eigenvalue weighted by Gasteiger charge is -2.31. The van der Waals surface area contributed by atoms with E-state index in [4.69, 9.17) is 5.73 Å². The van der Waals surface area contributed by atoms with Crippen molar-refractivity contribution in [1.82, 2.24) is 9.97 Å². The monoisotopic (exact) mass is 269 g/mol. The van der Waals surface area contributed by atoms with Gasteiger partial charge in [-0.1, -0.05) is 24.3 Å². The van der Waals surface area contributed by atoms with Crippen molar-refractivity contribution in [2.24, 2.45) is 0 Å². The Morgan fingerprint density at radius 2 is 1.90 bits per heavy atom. The van der Waals surface area contributed by atoms with Crippen LogP contribution in [0.3, 0.4) is 0 Å². The van der Waals surface area contributed by atoms with Crippen molar-refractivity contribution in [2.75, 3.05) is 36.2 Å². The maximum Gasteiger partial charge on any atom is 0.157 e. The smallest absolute Gasteiger partial charge is 0.157 e. The van der Waals surface area contributed by atoms with Gasteiger partial charge in [0.15, 0.2) is 11.6 Å². The lowest BCUT2D eigenvalue weighted by Crippen LogP contribution is -2.32. The Balaban J connectivity index is 1.94. The minimum atomic E-state index is 0.650. The summed E-state index contributed by atoms with van der Waals surface area (Å²) in [5, 5.41) is 0. The Morgan fingerprint density at radius 3 is 2.65 bits per heavy atom. The molecule has 1 aromatic carbocycles. The molecule has 0 spiro atoms. The summed E-state index contributed by atoms with van der Waals surface area (Å²) in [7, 11) is 3.88. The molecule has 2 aromatic rings. The van der Waals surface area contributed by atoms with Crippen molar-refractivity contribution in [3.8, 4) is 0 Å². The summed E-state index contributed by atoms with van der Waals surface area (Å²) >= 11 is 0. The first-order valence-electron chi connectivity index (χ1n) is 6.76. The topological polar surface area (TPSA) is 58.3 Å². The predicted molar refractivity (Wildman–Crippen MR) is 82.0 cm³/mol. The molecule has 5 nitrogen and oxygen atoms in total. The Kier molecular flexibility index (Phi) is 3.18. The number of rotatable bonds is 2. The summed E-state index contributed by atoms with van der Waals surface area (Å²) in [6, 6.07) is 8.54. The molecule has 2 heterocycles. The second kappa shape index (κ2) is 5.00. The summed E-state index contributed by atoms with van der Waals surface area (Å²) in [6.45, 7) is 1.79. The predicted octanol–water partition coefficient (Wildman–Crippen LogP) is 1.69. The molecule has 3 rings (SSSR count). The highest BCUT2D eigenvalue weighted by atomic mass is 15.2. The van der Waals surface area contributed by atoms with Gasteiger partial charge in [0, 0.05) is 27.2 Å². The maximum atomic E-state index is 6.23. The van der Waals surface area contributed by atoms with Crippen molar-refractivity contribution < 1.29 is 0 Å². The highest BCUT2D eigenvalue weighted by molar-refractivity contribution is 5.75. The molecule has 0 fully saturated rings. The first kappa shape index (κ1) is 12.7. The third-order valence-corrected chi connectivity index (χ3v) is 3.70. The molecule has 5 heteroatoms. The molecule has 20 heavy (non-hydrogen) atoms. The molecule has 1 aliphatic heterocycles. The van der Waals surface area contributed by atoms with Gasteiger partial charge in [-0.3, -0.25) is 0 Å². The number of hydrogen-bond donors (Lipinski definition) is 1. The van der Waals surface area contributed by atoms with E-state index < -0.39 is 0 Å². The minimum absolute atomic E-state index is 0.650. The van der Waals surface area contributed by atoms with E-state index in [1.165, 1.54) is 11.1 Å². The highest BCUT2D eigenvalue weighted by Crippen LogP contribution is 2.31. The van der Waals surface area contributed by atoms with Gasteiger partial charge in [0.05, 0.1) is 0 Å². The van der Waals surface area contributed by atoms with E-state index in [0.29, 0.717) is 5.69 Å². The molecule has 0 unspecified atom stereocenters. The summed E-state index contributed by atoms with van der Waals surface area (Å²) in [5.74, 6) is 1.60. The zero-order valence-electron chi connectivity index (χ0n) is 11.9. The van der Waals surface area contributed by atoms with Crippen molar-refractivity contribution in [3.63, 3.8) is 0 Å². The van der Waals surface area contributed by atoms with E-state index in [-0.39, 0.29) is 0 Å². The van der Waals surface area contributed by atoms with Crippen molar-refractivity contribution in [2.45, 2.75) is 13.0 Å². The number of nitrogens with two attached hydrogens (primary N) is 1. The Hall–Kier alpha value is -2.30. The number of nitrogens with zero attached hydrogens (tertiary/aromatic N) is 4. The number of hydrogen-bond acceptors (Lipinski definition) is 5. The molecule has 0 bridgehead atoms. The normalized spacial score (nSPS) is 14.0. The van der Waals surface area contributed by atoms with E-state index >= 15 is 0 Å². The summed E-state index contributed by atoms with van der Waals surface area (Å²) in [4.78, 5) is 12.8. The number of fused-ring (bicyclic) bond motifs is 1. The second-order valence-corrected chi connectivity index (χ2v) is 5.27.